The van der Waals surface area contributed by atoms with Gasteiger partial charge in [0.25, 0.3) is 0 Å². The zero-order chi connectivity index (χ0) is 11.8. The van der Waals surface area contributed by atoms with Crippen LogP contribution in [0.4, 0.5) is 0 Å². The second-order valence-corrected chi connectivity index (χ2v) is 6.67. The van der Waals surface area contributed by atoms with Crippen LogP contribution in [0.15, 0.2) is 24.3 Å². The Hall–Kier alpha value is -0.0900. The fraction of sp³-hybridized carbons (Fsp3) is 0.538. The fourth-order valence-electron chi connectivity index (χ4n) is 3.04. The summed E-state index contributed by atoms with van der Waals surface area (Å²) in [6.07, 6.45) is 3.69. The van der Waals surface area contributed by atoms with Crippen molar-refractivity contribution < 1.29 is 0 Å². The number of hydrazine groups is 1. The molecule has 92 valence electrons. The summed E-state index contributed by atoms with van der Waals surface area (Å²) in [6, 6.07) is 9.08. The molecule has 1 aliphatic carbocycles. The van der Waals surface area contributed by atoms with Crippen LogP contribution in [-0.2, 0) is 0 Å². The second-order valence-electron chi connectivity index (χ2n) is 4.97. The Balaban J connectivity index is 1.87. The molecule has 1 aromatic carbocycles. The molecule has 4 unspecified atom stereocenters. The zero-order valence-electron chi connectivity index (χ0n) is 9.50. The van der Waals surface area contributed by atoms with Crippen molar-refractivity contribution in [2.24, 2.45) is 5.92 Å². The topological polar surface area (TPSA) is 24.1 Å². The van der Waals surface area contributed by atoms with Gasteiger partial charge in [-0.1, -0.05) is 45.7 Å². The number of alkyl halides is 1. The highest BCUT2D eigenvalue weighted by Gasteiger charge is 2.40. The van der Waals surface area contributed by atoms with Crippen LogP contribution in [-0.4, -0.2) is 10.9 Å². The van der Waals surface area contributed by atoms with Gasteiger partial charge in [-0.3, -0.25) is 5.43 Å². The summed E-state index contributed by atoms with van der Waals surface area (Å²) in [7, 11) is 0. The number of benzene rings is 1. The third kappa shape index (κ3) is 2.26. The Morgan fingerprint density at radius 1 is 1.18 bits per heavy atom. The van der Waals surface area contributed by atoms with Gasteiger partial charge in [0.2, 0.25) is 0 Å². The van der Waals surface area contributed by atoms with Crippen LogP contribution >= 0.6 is 27.5 Å². The van der Waals surface area contributed by atoms with Crippen LogP contribution in [0.1, 0.15) is 30.9 Å². The molecule has 1 heterocycles. The average molecular weight is 316 g/mol. The van der Waals surface area contributed by atoms with E-state index in [1.165, 1.54) is 24.8 Å². The normalized spacial score (nSPS) is 36.8. The summed E-state index contributed by atoms with van der Waals surface area (Å²) >= 11 is 10.0. The van der Waals surface area contributed by atoms with Crippen LogP contribution in [0.2, 0.25) is 5.02 Å². The molecule has 2 aliphatic rings. The van der Waals surface area contributed by atoms with Gasteiger partial charge in [-0.15, -0.1) is 0 Å². The maximum Gasteiger partial charge on any atom is 0.0521 e. The molecule has 4 heteroatoms. The minimum atomic E-state index is 0.342. The number of hydrogen-bond donors (Lipinski definition) is 2. The summed E-state index contributed by atoms with van der Waals surface area (Å²) in [4.78, 5) is 0.649. The lowest BCUT2D eigenvalue weighted by Crippen LogP contribution is -2.35. The zero-order valence-corrected chi connectivity index (χ0v) is 11.8. The summed E-state index contributed by atoms with van der Waals surface area (Å²) in [5.41, 5.74) is 8.06. The van der Waals surface area contributed by atoms with Crippen molar-refractivity contribution in [2.45, 2.75) is 36.2 Å². The first kappa shape index (κ1) is 12.0. The van der Waals surface area contributed by atoms with Crippen LogP contribution in [0.5, 0.6) is 0 Å². The highest BCUT2D eigenvalue weighted by Crippen LogP contribution is 2.41. The Bertz CT molecular complexity index is 412. The smallest absolute Gasteiger partial charge is 0.0521 e. The molecule has 1 aliphatic heterocycles. The van der Waals surface area contributed by atoms with Crippen molar-refractivity contribution >= 4 is 27.5 Å². The molecule has 0 bridgehead atoms. The molecule has 1 saturated heterocycles. The second kappa shape index (κ2) is 4.88. The Kier molecular flexibility index (Phi) is 3.44. The highest BCUT2D eigenvalue weighted by molar-refractivity contribution is 9.09. The maximum atomic E-state index is 6.29. The third-order valence-corrected chi connectivity index (χ3v) is 5.10. The molecule has 2 N–H and O–H groups in total. The van der Waals surface area contributed by atoms with E-state index < -0.39 is 0 Å². The minimum absolute atomic E-state index is 0.342. The largest absolute Gasteiger partial charge is 0.254 e. The number of halogens is 2. The quantitative estimate of drug-likeness (QED) is 0.776. The van der Waals surface area contributed by atoms with E-state index in [4.69, 9.17) is 11.6 Å². The van der Waals surface area contributed by atoms with Crippen LogP contribution in [0.3, 0.4) is 0 Å². The number of hydrogen-bond acceptors (Lipinski definition) is 2. The predicted molar refractivity (Wildman–Crippen MR) is 74.3 cm³/mol. The monoisotopic (exact) mass is 314 g/mol. The van der Waals surface area contributed by atoms with Crippen LogP contribution in [0.25, 0.3) is 0 Å². The van der Waals surface area contributed by atoms with Crippen LogP contribution < -0.4 is 10.9 Å². The lowest BCUT2D eigenvalue weighted by Gasteiger charge is -2.30. The predicted octanol–water partition coefficient (Wildman–Crippen LogP) is 3.42. The van der Waals surface area contributed by atoms with E-state index in [0.717, 1.165) is 5.02 Å². The van der Waals surface area contributed by atoms with Crippen LogP contribution in [0, 0.1) is 5.92 Å². The van der Waals surface area contributed by atoms with Crippen molar-refractivity contribution in [3.8, 4) is 0 Å². The van der Waals surface area contributed by atoms with Gasteiger partial charge in [0.1, 0.15) is 0 Å². The summed E-state index contributed by atoms with van der Waals surface area (Å²) < 4.78 is 0. The van der Waals surface area contributed by atoms with Gasteiger partial charge in [0, 0.05) is 15.9 Å². The van der Waals surface area contributed by atoms with E-state index in [0.29, 0.717) is 22.8 Å². The molecule has 3 rings (SSSR count). The van der Waals surface area contributed by atoms with E-state index in [2.05, 4.69) is 38.9 Å². The molecule has 0 radical (unpaired) electrons. The average Bonchev–Trinajstić information content (AvgIpc) is 2.72. The first-order valence-electron chi connectivity index (χ1n) is 6.15. The molecule has 2 nitrogen and oxygen atoms in total. The fourth-order valence-corrected chi connectivity index (χ4v) is 3.99. The SMILES string of the molecule is Clc1ccccc1C1NNC2CCC(Br)CC21. The molecule has 0 spiro atoms. The summed E-state index contributed by atoms with van der Waals surface area (Å²) in [5.74, 6) is 0.632. The Morgan fingerprint density at radius 2 is 2.00 bits per heavy atom. The van der Waals surface area contributed by atoms with Crippen molar-refractivity contribution in [1.82, 2.24) is 10.9 Å². The van der Waals surface area contributed by atoms with E-state index in [-0.39, 0.29) is 0 Å². The lowest BCUT2D eigenvalue weighted by atomic mass is 9.79. The highest BCUT2D eigenvalue weighted by atomic mass is 79.9. The molecule has 4 atom stereocenters. The summed E-state index contributed by atoms with van der Waals surface area (Å²) in [6.45, 7) is 0. The maximum absolute atomic E-state index is 6.29. The lowest BCUT2D eigenvalue weighted by molar-refractivity contribution is 0.316. The number of rotatable bonds is 1. The van der Waals surface area contributed by atoms with Gasteiger partial charge in [0.15, 0.2) is 0 Å². The van der Waals surface area contributed by atoms with Gasteiger partial charge in [-0.2, -0.15) is 0 Å². The van der Waals surface area contributed by atoms with E-state index in [9.17, 15) is 0 Å². The molecular formula is C13H16BrClN2. The molecule has 0 amide bonds. The van der Waals surface area contributed by atoms with E-state index in [1.807, 2.05) is 12.1 Å². The molecule has 0 aromatic heterocycles. The third-order valence-electron chi connectivity index (χ3n) is 3.93. The number of nitrogens with one attached hydrogen (secondary N) is 2. The Labute approximate surface area is 115 Å². The standard InChI is InChI=1S/C13H16BrClN2/c14-8-5-6-12-10(7-8)13(17-16-12)9-3-1-2-4-11(9)15/h1-4,8,10,12-13,16-17H,5-7H2. The minimum Gasteiger partial charge on any atom is -0.254 e. The first-order chi connectivity index (χ1) is 8.25. The number of fused-ring (bicyclic) bond motifs is 1. The van der Waals surface area contributed by atoms with Crippen molar-refractivity contribution in [3.05, 3.63) is 34.9 Å². The van der Waals surface area contributed by atoms with Gasteiger partial charge < -0.3 is 0 Å². The first-order valence-corrected chi connectivity index (χ1v) is 7.44. The van der Waals surface area contributed by atoms with E-state index >= 15 is 0 Å². The molecule has 17 heavy (non-hydrogen) atoms. The summed E-state index contributed by atoms with van der Waals surface area (Å²) in [5, 5.41) is 0.865. The molecular weight excluding hydrogens is 300 g/mol. The van der Waals surface area contributed by atoms with E-state index in [1.54, 1.807) is 0 Å². The van der Waals surface area contributed by atoms with Crippen molar-refractivity contribution in [2.75, 3.05) is 0 Å². The molecule has 1 aromatic rings. The molecule has 2 fully saturated rings. The van der Waals surface area contributed by atoms with Gasteiger partial charge in [-0.25, -0.2) is 5.43 Å². The molecule has 1 saturated carbocycles. The van der Waals surface area contributed by atoms with Crippen molar-refractivity contribution in [1.29, 1.82) is 0 Å². The van der Waals surface area contributed by atoms with Gasteiger partial charge in [0.05, 0.1) is 6.04 Å². The Morgan fingerprint density at radius 3 is 2.82 bits per heavy atom. The van der Waals surface area contributed by atoms with Crippen molar-refractivity contribution in [3.63, 3.8) is 0 Å². The van der Waals surface area contributed by atoms with Gasteiger partial charge in [-0.05, 0) is 36.8 Å². The van der Waals surface area contributed by atoms with Gasteiger partial charge >= 0.3 is 0 Å².